The molecule has 2 heterocycles. The molecule has 0 aromatic carbocycles. The second-order valence-corrected chi connectivity index (χ2v) is 18.7. The SMILES string of the molecule is CCCC(N)(C(=O)C=O)C(=O)C1NCC2(SCCS2)C1(C(=O)C(N)C1CCCCC1)C(=O)[C@@H](NC(=O)[C@H](CCC(=O)O)NC(=O)[C@H](CCC(=O)O)NC(C)=O)C(C)C. The van der Waals surface area contributed by atoms with Crippen LogP contribution in [0.5, 0.6) is 0 Å². The van der Waals surface area contributed by atoms with Crippen LogP contribution >= 0.6 is 23.5 Å². The lowest BCUT2D eigenvalue weighted by Crippen LogP contribution is -2.72. The number of Topliss-reactive ketones (excluding diaryl/α,β-unsaturated/α-hetero) is 4. The summed E-state index contributed by atoms with van der Waals surface area (Å²) in [4.78, 5) is 134. The van der Waals surface area contributed by atoms with Crippen molar-refractivity contribution in [1.29, 1.82) is 0 Å². The molecule has 20 heteroatoms. The predicted octanol–water partition coefficient (Wildman–Crippen LogP) is -0.139. The van der Waals surface area contributed by atoms with E-state index in [0.29, 0.717) is 24.3 Å². The minimum Gasteiger partial charge on any atom is -0.481 e. The highest BCUT2D eigenvalue weighted by Crippen LogP contribution is 2.61. The zero-order chi connectivity index (χ0) is 43.6. The first-order valence-corrected chi connectivity index (χ1v) is 21.7. The molecule has 3 fully saturated rings. The van der Waals surface area contributed by atoms with Crippen LogP contribution in [-0.2, 0) is 47.9 Å². The van der Waals surface area contributed by atoms with Crippen LogP contribution in [0.4, 0.5) is 0 Å². The number of hydrogen-bond acceptors (Lipinski definition) is 15. The molecule has 324 valence electrons. The fraction of sp³-hybridized carbons (Fsp3) is 0.737. The monoisotopic (exact) mass is 854 g/mol. The molecule has 58 heavy (non-hydrogen) atoms. The Bertz CT molecular complexity index is 1620. The van der Waals surface area contributed by atoms with Crippen LogP contribution in [0.2, 0.25) is 0 Å². The van der Waals surface area contributed by atoms with Crippen LogP contribution in [0.3, 0.4) is 0 Å². The first-order valence-electron chi connectivity index (χ1n) is 19.7. The fourth-order valence-corrected chi connectivity index (χ4v) is 11.9. The molecule has 7 atom stereocenters. The van der Waals surface area contributed by atoms with Crippen molar-refractivity contribution in [1.82, 2.24) is 21.3 Å². The van der Waals surface area contributed by atoms with E-state index in [1.807, 2.05) is 0 Å². The van der Waals surface area contributed by atoms with Gasteiger partial charge >= 0.3 is 11.9 Å². The summed E-state index contributed by atoms with van der Waals surface area (Å²) in [5, 5.41) is 29.1. The quantitative estimate of drug-likeness (QED) is 0.0377. The Morgan fingerprint density at radius 3 is 1.88 bits per heavy atom. The number of rotatable bonds is 23. The molecule has 2 aliphatic heterocycles. The van der Waals surface area contributed by atoms with E-state index in [4.69, 9.17) is 11.5 Å². The van der Waals surface area contributed by atoms with Gasteiger partial charge in [0.1, 0.15) is 23.0 Å². The molecule has 2 saturated heterocycles. The highest BCUT2D eigenvalue weighted by atomic mass is 32.2. The number of carboxylic acids is 2. The first-order chi connectivity index (χ1) is 27.2. The van der Waals surface area contributed by atoms with E-state index in [9.17, 15) is 48.6 Å². The van der Waals surface area contributed by atoms with Gasteiger partial charge in [-0.3, -0.25) is 47.9 Å². The van der Waals surface area contributed by atoms with E-state index in [1.165, 1.54) is 23.5 Å². The molecule has 18 nitrogen and oxygen atoms in total. The van der Waals surface area contributed by atoms with E-state index in [1.54, 1.807) is 20.8 Å². The van der Waals surface area contributed by atoms with E-state index in [2.05, 4.69) is 21.3 Å². The molecule has 0 bridgehead atoms. The number of amides is 3. The van der Waals surface area contributed by atoms with Crippen molar-refractivity contribution in [3.8, 4) is 0 Å². The summed E-state index contributed by atoms with van der Waals surface area (Å²) in [6, 6.07) is -7.63. The van der Waals surface area contributed by atoms with Crippen molar-refractivity contribution in [3.63, 3.8) is 0 Å². The first kappa shape index (κ1) is 48.6. The second-order valence-electron chi connectivity index (χ2n) is 15.7. The van der Waals surface area contributed by atoms with Crippen molar-refractivity contribution in [2.45, 2.75) is 138 Å². The van der Waals surface area contributed by atoms with Gasteiger partial charge in [0.25, 0.3) is 0 Å². The number of hydrogen-bond donors (Lipinski definition) is 8. The number of aliphatic carboxylic acids is 2. The van der Waals surface area contributed by atoms with Gasteiger partial charge in [-0.05, 0) is 43.9 Å². The molecule has 0 aromatic rings. The summed E-state index contributed by atoms with van der Waals surface area (Å²) in [5.41, 5.74) is 8.59. The molecule has 10 N–H and O–H groups in total. The van der Waals surface area contributed by atoms with Crippen LogP contribution in [0.1, 0.15) is 98.3 Å². The molecule has 0 radical (unpaired) electrons. The summed E-state index contributed by atoms with van der Waals surface area (Å²) in [5.74, 6) is -9.47. The average Bonchev–Trinajstić information content (AvgIpc) is 3.80. The Morgan fingerprint density at radius 2 is 1.40 bits per heavy atom. The zero-order valence-electron chi connectivity index (χ0n) is 33.5. The van der Waals surface area contributed by atoms with Gasteiger partial charge in [0.05, 0.1) is 22.2 Å². The third-order valence-electron chi connectivity index (χ3n) is 11.3. The number of nitrogens with one attached hydrogen (secondary N) is 4. The maximum absolute atomic E-state index is 15.8. The molecule has 1 saturated carbocycles. The number of carbonyl (C=O) groups is 10. The van der Waals surface area contributed by atoms with Crippen LogP contribution in [0.25, 0.3) is 0 Å². The van der Waals surface area contributed by atoms with E-state index in [0.717, 1.165) is 26.2 Å². The third kappa shape index (κ3) is 10.5. The molecule has 3 rings (SSSR count). The predicted molar refractivity (Wildman–Crippen MR) is 214 cm³/mol. The van der Waals surface area contributed by atoms with Crippen LogP contribution in [0, 0.1) is 17.3 Å². The highest BCUT2D eigenvalue weighted by molar-refractivity contribution is 8.21. The van der Waals surface area contributed by atoms with Crippen molar-refractivity contribution < 1.29 is 58.2 Å². The van der Waals surface area contributed by atoms with Crippen LogP contribution in [0.15, 0.2) is 0 Å². The zero-order valence-corrected chi connectivity index (χ0v) is 35.1. The Labute approximate surface area is 346 Å². The molecular formula is C38H58N6O12S2. The Morgan fingerprint density at radius 1 is 0.862 bits per heavy atom. The summed E-state index contributed by atoms with van der Waals surface area (Å²) in [7, 11) is 0. The van der Waals surface area contributed by atoms with E-state index < -0.39 is 123 Å². The molecule has 1 spiro atoms. The van der Waals surface area contributed by atoms with Gasteiger partial charge in [0, 0.05) is 37.8 Å². The second kappa shape index (κ2) is 21.0. The molecular weight excluding hydrogens is 797 g/mol. The van der Waals surface area contributed by atoms with Gasteiger partial charge in [-0.25, -0.2) is 0 Å². The number of thioether (sulfide) groups is 2. The normalized spacial score (nSPS) is 23.5. The minimum atomic E-state index is -2.41. The van der Waals surface area contributed by atoms with E-state index >= 15 is 9.59 Å². The lowest BCUT2D eigenvalue weighted by atomic mass is 9.62. The van der Waals surface area contributed by atoms with Crippen molar-refractivity contribution in [2.24, 2.45) is 28.7 Å². The molecule has 4 unspecified atom stereocenters. The number of ketones is 4. The summed E-state index contributed by atoms with van der Waals surface area (Å²) in [6.45, 7) is 5.82. The van der Waals surface area contributed by atoms with Crippen LogP contribution in [-0.4, -0.2) is 127 Å². The summed E-state index contributed by atoms with van der Waals surface area (Å²) < 4.78 is -1.38. The molecule has 0 aromatic heterocycles. The lowest BCUT2D eigenvalue weighted by Gasteiger charge is -2.47. The van der Waals surface area contributed by atoms with Crippen molar-refractivity contribution >= 4 is 82.6 Å². The van der Waals surface area contributed by atoms with Crippen LogP contribution < -0.4 is 32.7 Å². The number of carboxylic acid groups (broad SMARTS) is 2. The highest BCUT2D eigenvalue weighted by Gasteiger charge is 2.74. The summed E-state index contributed by atoms with van der Waals surface area (Å²) >= 11 is 2.54. The molecule has 1 aliphatic carbocycles. The maximum atomic E-state index is 15.8. The molecule has 3 aliphatic rings. The number of aldehydes is 1. The smallest absolute Gasteiger partial charge is 0.303 e. The Balaban J connectivity index is 2.22. The molecule has 3 amide bonds. The standard InChI is InChI=1S/C38H58N6O12S2/c1-5-15-36(40,25(47)18-45)33(54)30-38(37(19-41-30)57-16-17-58-37,31(52)28(39)22-9-7-6-8-10-22)32(53)29(20(2)3)44-35(56)24(12-14-27(50)51)43-34(55)23(42-21(4)46)11-13-26(48)49/h18,20,22-24,28-30,41H,5-17,19,39-40H2,1-4H3,(H,42,46)(H,43,55)(H,44,56)(H,48,49)(H,50,51)/t23-,24-,28?,29-,30?,36?,38?/m0/s1. The van der Waals surface area contributed by atoms with Crippen molar-refractivity contribution in [3.05, 3.63) is 0 Å². The van der Waals surface area contributed by atoms with E-state index in [-0.39, 0.29) is 38.0 Å². The minimum absolute atomic E-state index is 0.0582. The van der Waals surface area contributed by atoms with Gasteiger partial charge in [-0.15, -0.1) is 23.5 Å². The number of nitrogens with two attached hydrogens (primary N) is 2. The average molecular weight is 855 g/mol. The van der Waals surface area contributed by atoms with Gasteiger partial charge < -0.3 is 42.9 Å². The third-order valence-corrected chi connectivity index (χ3v) is 15.0. The van der Waals surface area contributed by atoms with Gasteiger partial charge in [-0.1, -0.05) is 46.5 Å². The van der Waals surface area contributed by atoms with Gasteiger partial charge in [-0.2, -0.15) is 0 Å². The topological polar surface area (TPSA) is 311 Å². The van der Waals surface area contributed by atoms with Gasteiger partial charge in [0.2, 0.25) is 23.5 Å². The fourth-order valence-electron chi connectivity index (χ4n) is 8.32. The lowest BCUT2D eigenvalue weighted by molar-refractivity contribution is -0.152. The Hall–Kier alpha value is -3.72. The van der Waals surface area contributed by atoms with Gasteiger partial charge in [0.15, 0.2) is 23.6 Å². The largest absolute Gasteiger partial charge is 0.481 e. The number of carbonyl (C=O) groups excluding carboxylic acids is 8. The van der Waals surface area contributed by atoms with Crippen molar-refractivity contribution in [2.75, 3.05) is 18.1 Å². The Kier molecular flexibility index (Phi) is 17.6. The summed E-state index contributed by atoms with van der Waals surface area (Å²) in [6.07, 6.45) is 1.49. The maximum Gasteiger partial charge on any atom is 0.303 e.